The zero-order chi connectivity index (χ0) is 20.6. The van der Waals surface area contributed by atoms with E-state index < -0.39 is 0 Å². The van der Waals surface area contributed by atoms with Crippen molar-refractivity contribution in [3.05, 3.63) is 53.6 Å². The number of benzene rings is 2. The van der Waals surface area contributed by atoms with Crippen molar-refractivity contribution in [3.8, 4) is 11.5 Å². The normalized spacial score (nSPS) is 15.1. The molecule has 0 unspecified atom stereocenters. The molecule has 1 fully saturated rings. The van der Waals surface area contributed by atoms with Crippen LogP contribution in [0.5, 0.6) is 11.5 Å². The van der Waals surface area contributed by atoms with E-state index >= 15 is 0 Å². The summed E-state index contributed by atoms with van der Waals surface area (Å²) in [4.78, 5) is 15.1. The molecule has 1 saturated heterocycles. The predicted molar refractivity (Wildman–Crippen MR) is 117 cm³/mol. The van der Waals surface area contributed by atoms with Gasteiger partial charge in [0.25, 0.3) is 5.91 Å². The number of anilines is 1. The zero-order valence-corrected chi connectivity index (χ0v) is 17.7. The summed E-state index contributed by atoms with van der Waals surface area (Å²) in [5.41, 5.74) is 2.36. The molecular weight excluding hydrogens is 364 g/mol. The molecule has 0 bridgehead atoms. The van der Waals surface area contributed by atoms with Crippen LogP contribution in [0.2, 0.25) is 0 Å². The Balaban J connectivity index is 1.51. The molecule has 5 nitrogen and oxygen atoms in total. The summed E-state index contributed by atoms with van der Waals surface area (Å²) in [5, 5.41) is 2.96. The first-order valence-electron chi connectivity index (χ1n) is 10.5. The Morgan fingerprint density at radius 1 is 1.10 bits per heavy atom. The number of aryl methyl sites for hydroxylation is 1. The van der Waals surface area contributed by atoms with Crippen LogP contribution < -0.4 is 14.8 Å². The number of nitrogens with zero attached hydrogens (tertiary/aromatic N) is 1. The minimum Gasteiger partial charge on any atom is -0.497 e. The van der Waals surface area contributed by atoms with Gasteiger partial charge in [-0.3, -0.25) is 4.79 Å². The lowest BCUT2D eigenvalue weighted by atomic mass is 10.1. The third-order valence-corrected chi connectivity index (χ3v) is 5.46. The molecule has 0 aromatic heterocycles. The smallest absolute Gasteiger partial charge is 0.255 e. The molecule has 1 N–H and O–H groups in total. The average molecular weight is 397 g/mol. The maximum absolute atomic E-state index is 12.6. The van der Waals surface area contributed by atoms with E-state index in [2.05, 4.69) is 17.1 Å². The molecule has 5 heteroatoms. The van der Waals surface area contributed by atoms with Gasteiger partial charge in [-0.1, -0.05) is 13.3 Å². The minimum atomic E-state index is -0.131. The van der Waals surface area contributed by atoms with E-state index in [1.54, 1.807) is 7.11 Å². The maximum Gasteiger partial charge on any atom is 0.255 e. The van der Waals surface area contributed by atoms with Gasteiger partial charge in [-0.2, -0.15) is 0 Å². The number of carbonyl (C=O) groups excluding carboxylic acids is 1. The van der Waals surface area contributed by atoms with Gasteiger partial charge in [-0.25, -0.2) is 0 Å². The predicted octanol–water partition coefficient (Wildman–Crippen LogP) is 4.90. The van der Waals surface area contributed by atoms with Gasteiger partial charge in [0.15, 0.2) is 0 Å². The molecule has 0 spiro atoms. The van der Waals surface area contributed by atoms with E-state index in [1.165, 1.54) is 19.4 Å². The second-order valence-electron chi connectivity index (χ2n) is 7.67. The number of methoxy groups -OCH3 is 1. The van der Waals surface area contributed by atoms with Gasteiger partial charge in [-0.15, -0.1) is 0 Å². The first-order valence-corrected chi connectivity index (χ1v) is 10.5. The Kier molecular flexibility index (Phi) is 7.53. The van der Waals surface area contributed by atoms with Crippen molar-refractivity contribution in [1.29, 1.82) is 0 Å². The molecule has 156 valence electrons. The molecule has 0 radical (unpaired) electrons. The molecule has 2 aromatic carbocycles. The SMILES string of the molecule is CCCCN1CCC(Oc2ccc(C(=O)Nc3ccc(OC)cc3C)cc2)CC1. The van der Waals surface area contributed by atoms with Crippen molar-refractivity contribution < 1.29 is 14.3 Å². The summed E-state index contributed by atoms with van der Waals surface area (Å²) in [6, 6.07) is 13.0. The molecule has 2 aromatic rings. The average Bonchev–Trinajstić information content (AvgIpc) is 2.75. The standard InChI is InChI=1S/C24H32N2O3/c1-4-5-14-26-15-12-21(13-16-26)29-20-8-6-19(7-9-20)24(27)25-23-11-10-22(28-3)17-18(23)2/h6-11,17,21H,4-5,12-16H2,1-3H3,(H,25,27). The van der Waals surface area contributed by atoms with Gasteiger partial charge >= 0.3 is 0 Å². The first-order chi connectivity index (χ1) is 14.1. The van der Waals surface area contributed by atoms with Crippen LogP contribution in [0.3, 0.4) is 0 Å². The molecule has 0 aliphatic carbocycles. The Morgan fingerprint density at radius 3 is 2.41 bits per heavy atom. The lowest BCUT2D eigenvalue weighted by molar-refractivity contribution is 0.0996. The fourth-order valence-electron chi connectivity index (χ4n) is 3.61. The highest BCUT2D eigenvalue weighted by Crippen LogP contribution is 2.23. The largest absolute Gasteiger partial charge is 0.497 e. The lowest BCUT2D eigenvalue weighted by Gasteiger charge is -2.32. The monoisotopic (exact) mass is 396 g/mol. The highest BCUT2D eigenvalue weighted by Gasteiger charge is 2.20. The minimum absolute atomic E-state index is 0.131. The number of nitrogens with one attached hydrogen (secondary N) is 1. The van der Waals surface area contributed by atoms with Crippen LogP contribution in [0.25, 0.3) is 0 Å². The molecule has 29 heavy (non-hydrogen) atoms. The molecule has 1 heterocycles. The molecule has 0 atom stereocenters. The summed E-state index contributed by atoms with van der Waals surface area (Å²) in [5.74, 6) is 1.47. The number of likely N-dealkylation sites (tertiary alicyclic amines) is 1. The van der Waals surface area contributed by atoms with Crippen LogP contribution in [0, 0.1) is 6.92 Å². The highest BCUT2D eigenvalue weighted by molar-refractivity contribution is 6.04. The van der Waals surface area contributed by atoms with Crippen molar-refractivity contribution >= 4 is 11.6 Å². The number of carbonyl (C=O) groups is 1. The Hall–Kier alpha value is -2.53. The van der Waals surface area contributed by atoms with Gasteiger partial charge < -0.3 is 19.7 Å². The zero-order valence-electron chi connectivity index (χ0n) is 17.7. The first kappa shape index (κ1) is 21.2. The van der Waals surface area contributed by atoms with Gasteiger partial charge in [0, 0.05) is 24.3 Å². The Bertz CT molecular complexity index is 796. The summed E-state index contributed by atoms with van der Waals surface area (Å²) >= 11 is 0. The third-order valence-electron chi connectivity index (χ3n) is 5.46. The number of piperidine rings is 1. The third kappa shape index (κ3) is 5.97. The van der Waals surface area contributed by atoms with Crippen molar-refractivity contribution in [3.63, 3.8) is 0 Å². The van der Waals surface area contributed by atoms with Crippen LogP contribution in [-0.2, 0) is 0 Å². The maximum atomic E-state index is 12.6. The van der Waals surface area contributed by atoms with Crippen molar-refractivity contribution in [2.75, 3.05) is 32.1 Å². The van der Waals surface area contributed by atoms with Crippen LogP contribution in [0.15, 0.2) is 42.5 Å². The van der Waals surface area contributed by atoms with E-state index in [9.17, 15) is 4.79 Å². The Morgan fingerprint density at radius 2 is 1.79 bits per heavy atom. The number of hydrogen-bond acceptors (Lipinski definition) is 4. The van der Waals surface area contributed by atoms with Crippen LogP contribution in [-0.4, -0.2) is 43.7 Å². The number of unbranched alkanes of at least 4 members (excludes halogenated alkanes) is 1. The molecule has 1 amide bonds. The van der Waals surface area contributed by atoms with E-state index in [0.717, 1.165) is 48.7 Å². The number of amides is 1. The molecule has 3 rings (SSSR count). The summed E-state index contributed by atoms with van der Waals surface area (Å²) < 4.78 is 11.3. The van der Waals surface area contributed by atoms with Gasteiger partial charge in [-0.05, 0) is 80.8 Å². The van der Waals surface area contributed by atoms with E-state index in [4.69, 9.17) is 9.47 Å². The summed E-state index contributed by atoms with van der Waals surface area (Å²) in [7, 11) is 1.63. The molecule has 0 saturated carbocycles. The van der Waals surface area contributed by atoms with Crippen LogP contribution in [0.1, 0.15) is 48.5 Å². The quantitative estimate of drug-likeness (QED) is 0.690. The van der Waals surface area contributed by atoms with Crippen molar-refractivity contribution in [2.24, 2.45) is 0 Å². The highest BCUT2D eigenvalue weighted by atomic mass is 16.5. The second-order valence-corrected chi connectivity index (χ2v) is 7.67. The van der Waals surface area contributed by atoms with E-state index in [0.29, 0.717) is 5.56 Å². The number of ether oxygens (including phenoxy) is 2. The summed E-state index contributed by atoms with van der Waals surface area (Å²) in [6.07, 6.45) is 4.89. The van der Waals surface area contributed by atoms with E-state index in [-0.39, 0.29) is 12.0 Å². The van der Waals surface area contributed by atoms with Crippen molar-refractivity contribution in [1.82, 2.24) is 4.90 Å². The second kappa shape index (κ2) is 10.3. The van der Waals surface area contributed by atoms with Gasteiger partial charge in [0.1, 0.15) is 17.6 Å². The van der Waals surface area contributed by atoms with Crippen molar-refractivity contribution in [2.45, 2.75) is 45.6 Å². The summed E-state index contributed by atoms with van der Waals surface area (Å²) in [6.45, 7) is 7.58. The molecular formula is C24H32N2O3. The number of rotatable bonds is 8. The van der Waals surface area contributed by atoms with Crippen LogP contribution in [0.4, 0.5) is 5.69 Å². The topological polar surface area (TPSA) is 50.8 Å². The van der Waals surface area contributed by atoms with Crippen LogP contribution >= 0.6 is 0 Å². The van der Waals surface area contributed by atoms with Gasteiger partial charge in [0.2, 0.25) is 0 Å². The Labute approximate surface area is 174 Å². The number of hydrogen-bond donors (Lipinski definition) is 1. The lowest BCUT2D eigenvalue weighted by Crippen LogP contribution is -2.38. The molecule has 1 aliphatic heterocycles. The molecule has 1 aliphatic rings. The fourth-order valence-corrected chi connectivity index (χ4v) is 3.61. The van der Waals surface area contributed by atoms with Gasteiger partial charge in [0.05, 0.1) is 7.11 Å². The fraction of sp³-hybridized carbons (Fsp3) is 0.458. The van der Waals surface area contributed by atoms with E-state index in [1.807, 2.05) is 49.4 Å².